The van der Waals surface area contributed by atoms with Crippen LogP contribution in [0.1, 0.15) is 31.9 Å². The minimum atomic E-state index is 0.461. The number of thiophene rings is 1. The zero-order valence-corrected chi connectivity index (χ0v) is 11.8. The van der Waals surface area contributed by atoms with Gasteiger partial charge in [0.05, 0.1) is 10.9 Å². The minimum Gasteiger partial charge on any atom is -0.354 e. The van der Waals surface area contributed by atoms with Crippen LogP contribution < -0.4 is 5.32 Å². The molecule has 3 rings (SSSR count). The molecule has 0 amide bonds. The molecule has 18 heavy (non-hydrogen) atoms. The lowest BCUT2D eigenvalue weighted by Gasteiger charge is -2.27. The van der Waals surface area contributed by atoms with Gasteiger partial charge in [0.25, 0.3) is 0 Å². The van der Waals surface area contributed by atoms with Gasteiger partial charge in [-0.3, -0.25) is 0 Å². The van der Waals surface area contributed by atoms with Crippen molar-refractivity contribution in [2.45, 2.75) is 33.2 Å². The molecule has 0 radical (unpaired) electrons. The molecule has 1 N–H and O–H groups in total. The van der Waals surface area contributed by atoms with E-state index in [4.69, 9.17) is 5.10 Å². The highest BCUT2D eigenvalue weighted by Gasteiger charge is 2.26. The molecular formula is C13H18N4S. The van der Waals surface area contributed by atoms with Crippen molar-refractivity contribution in [1.82, 2.24) is 14.8 Å². The fourth-order valence-corrected chi connectivity index (χ4v) is 3.30. The van der Waals surface area contributed by atoms with Crippen molar-refractivity contribution >= 4 is 17.3 Å². The van der Waals surface area contributed by atoms with Crippen molar-refractivity contribution in [1.29, 1.82) is 0 Å². The molecular weight excluding hydrogens is 244 g/mol. The lowest BCUT2D eigenvalue weighted by Crippen LogP contribution is -2.27. The largest absolute Gasteiger partial charge is 0.354 e. The summed E-state index contributed by atoms with van der Waals surface area (Å²) in [6.45, 7) is 7.60. The Morgan fingerprint density at radius 1 is 1.50 bits per heavy atom. The van der Waals surface area contributed by atoms with E-state index in [-0.39, 0.29) is 0 Å². The minimum absolute atomic E-state index is 0.461. The molecule has 0 saturated carbocycles. The van der Waals surface area contributed by atoms with Crippen molar-refractivity contribution in [2.24, 2.45) is 5.92 Å². The Balaban J connectivity index is 2.04. The van der Waals surface area contributed by atoms with E-state index in [0.717, 1.165) is 24.7 Å². The van der Waals surface area contributed by atoms with E-state index in [1.54, 1.807) is 11.3 Å². The molecule has 5 heteroatoms. The third kappa shape index (κ3) is 1.82. The van der Waals surface area contributed by atoms with Crippen molar-refractivity contribution in [3.63, 3.8) is 0 Å². The lowest BCUT2D eigenvalue weighted by atomic mass is 10.0. The molecule has 4 nitrogen and oxygen atoms in total. The predicted molar refractivity (Wildman–Crippen MR) is 75.1 cm³/mol. The summed E-state index contributed by atoms with van der Waals surface area (Å²) in [4.78, 5) is 5.82. The topological polar surface area (TPSA) is 42.7 Å². The molecule has 2 aromatic rings. The molecule has 3 heterocycles. The first-order valence-corrected chi connectivity index (χ1v) is 7.29. The maximum absolute atomic E-state index is 4.71. The molecule has 1 aliphatic rings. The van der Waals surface area contributed by atoms with E-state index in [1.165, 1.54) is 10.4 Å². The monoisotopic (exact) mass is 262 g/mol. The van der Waals surface area contributed by atoms with E-state index in [2.05, 4.69) is 47.2 Å². The van der Waals surface area contributed by atoms with E-state index < -0.39 is 0 Å². The number of rotatable bonds is 2. The van der Waals surface area contributed by atoms with Gasteiger partial charge in [0.15, 0.2) is 5.82 Å². The van der Waals surface area contributed by atoms with Crippen LogP contribution in [0.5, 0.6) is 0 Å². The molecule has 0 aliphatic carbocycles. The Bertz CT molecular complexity index is 555. The summed E-state index contributed by atoms with van der Waals surface area (Å²) in [5, 5.41) is 10.1. The number of nitrogens with zero attached hydrogens (tertiary/aromatic N) is 3. The van der Waals surface area contributed by atoms with Crippen molar-refractivity contribution in [2.75, 3.05) is 11.9 Å². The average molecular weight is 262 g/mol. The Labute approximate surface area is 111 Å². The molecule has 1 atom stereocenters. The van der Waals surface area contributed by atoms with Gasteiger partial charge < -0.3 is 5.32 Å². The molecule has 0 bridgehead atoms. The van der Waals surface area contributed by atoms with Gasteiger partial charge in [-0.2, -0.15) is 4.98 Å². The highest BCUT2D eigenvalue weighted by molar-refractivity contribution is 7.13. The fourth-order valence-electron chi connectivity index (χ4n) is 2.44. The van der Waals surface area contributed by atoms with Gasteiger partial charge in [-0.1, -0.05) is 13.8 Å². The van der Waals surface area contributed by atoms with Crippen molar-refractivity contribution in [3.05, 3.63) is 17.0 Å². The maximum Gasteiger partial charge on any atom is 0.222 e. The Morgan fingerprint density at radius 2 is 2.33 bits per heavy atom. The SMILES string of the molecule is Cc1ccsc1-c1nc2n(n1)C(C(C)C)CCN2. The molecule has 96 valence electrons. The lowest BCUT2D eigenvalue weighted by molar-refractivity contribution is 0.322. The second kappa shape index (κ2) is 4.39. The van der Waals surface area contributed by atoms with Crippen molar-refractivity contribution in [3.8, 4) is 10.7 Å². The summed E-state index contributed by atoms with van der Waals surface area (Å²) in [6, 6.07) is 2.58. The highest BCUT2D eigenvalue weighted by Crippen LogP contribution is 2.32. The summed E-state index contributed by atoms with van der Waals surface area (Å²) in [5.74, 6) is 2.37. The standard InChI is InChI=1S/C13H18N4S/c1-8(2)10-4-6-14-13-15-12(16-17(10)13)11-9(3)5-7-18-11/h5,7-8,10H,4,6H2,1-3H3,(H,14,15,16). The van der Waals surface area contributed by atoms with Crippen LogP contribution in [-0.2, 0) is 0 Å². The van der Waals surface area contributed by atoms with Crippen LogP contribution in [0.4, 0.5) is 5.95 Å². The zero-order chi connectivity index (χ0) is 12.7. The highest BCUT2D eigenvalue weighted by atomic mass is 32.1. The zero-order valence-electron chi connectivity index (χ0n) is 11.0. The third-order valence-corrected chi connectivity index (χ3v) is 4.52. The molecule has 2 aromatic heterocycles. The molecule has 1 aliphatic heterocycles. The van der Waals surface area contributed by atoms with Crippen LogP contribution in [0.2, 0.25) is 0 Å². The number of aryl methyl sites for hydroxylation is 1. The van der Waals surface area contributed by atoms with Gasteiger partial charge in [0.1, 0.15) is 0 Å². The van der Waals surface area contributed by atoms with Crippen LogP contribution in [0.3, 0.4) is 0 Å². The van der Waals surface area contributed by atoms with Crippen molar-refractivity contribution < 1.29 is 0 Å². The van der Waals surface area contributed by atoms with E-state index in [0.29, 0.717) is 12.0 Å². The Hall–Kier alpha value is -1.36. The van der Waals surface area contributed by atoms with Crippen LogP contribution >= 0.6 is 11.3 Å². The summed E-state index contributed by atoms with van der Waals surface area (Å²) >= 11 is 1.71. The number of aromatic nitrogens is 3. The fraction of sp³-hybridized carbons (Fsp3) is 0.538. The van der Waals surface area contributed by atoms with Crippen LogP contribution in [0.15, 0.2) is 11.4 Å². The predicted octanol–water partition coefficient (Wildman–Crippen LogP) is 3.33. The van der Waals surface area contributed by atoms with Crippen LogP contribution in [0, 0.1) is 12.8 Å². The first kappa shape index (κ1) is 11.7. The van der Waals surface area contributed by atoms with Gasteiger partial charge in [-0.05, 0) is 36.3 Å². The van der Waals surface area contributed by atoms with E-state index >= 15 is 0 Å². The van der Waals surface area contributed by atoms with Crippen LogP contribution in [-0.4, -0.2) is 21.3 Å². The number of anilines is 1. The van der Waals surface area contributed by atoms with Gasteiger partial charge in [0.2, 0.25) is 5.95 Å². The van der Waals surface area contributed by atoms with E-state index in [9.17, 15) is 0 Å². The first-order valence-electron chi connectivity index (χ1n) is 6.41. The summed E-state index contributed by atoms with van der Waals surface area (Å²) < 4.78 is 2.07. The molecule has 0 spiro atoms. The number of fused-ring (bicyclic) bond motifs is 1. The second-order valence-electron chi connectivity index (χ2n) is 5.16. The van der Waals surface area contributed by atoms with Gasteiger partial charge >= 0.3 is 0 Å². The molecule has 0 fully saturated rings. The molecule has 0 saturated heterocycles. The summed E-state index contributed by atoms with van der Waals surface area (Å²) in [5.41, 5.74) is 1.25. The average Bonchev–Trinajstić information content (AvgIpc) is 2.92. The first-order chi connectivity index (χ1) is 8.66. The maximum atomic E-state index is 4.71. The van der Waals surface area contributed by atoms with Crippen LogP contribution in [0.25, 0.3) is 10.7 Å². The van der Waals surface area contributed by atoms with E-state index in [1.807, 2.05) is 0 Å². The third-order valence-electron chi connectivity index (χ3n) is 3.50. The quantitative estimate of drug-likeness (QED) is 0.902. The summed E-state index contributed by atoms with van der Waals surface area (Å²) in [6.07, 6.45) is 1.12. The second-order valence-corrected chi connectivity index (χ2v) is 6.08. The van der Waals surface area contributed by atoms with Gasteiger partial charge in [0, 0.05) is 6.54 Å². The number of hydrogen-bond donors (Lipinski definition) is 1. The normalized spacial score (nSPS) is 18.8. The number of hydrogen-bond acceptors (Lipinski definition) is 4. The Kier molecular flexibility index (Phi) is 2.86. The number of nitrogens with one attached hydrogen (secondary N) is 1. The van der Waals surface area contributed by atoms with Gasteiger partial charge in [-0.25, -0.2) is 4.68 Å². The Morgan fingerprint density at radius 3 is 3.00 bits per heavy atom. The smallest absolute Gasteiger partial charge is 0.222 e. The molecule has 1 unspecified atom stereocenters. The van der Waals surface area contributed by atoms with Gasteiger partial charge in [-0.15, -0.1) is 16.4 Å². The summed E-state index contributed by atoms with van der Waals surface area (Å²) in [7, 11) is 0. The molecule has 0 aromatic carbocycles.